The number of methoxy groups -OCH3 is 1. The van der Waals surface area contributed by atoms with Gasteiger partial charge >= 0.3 is 0 Å². The summed E-state index contributed by atoms with van der Waals surface area (Å²) in [5.41, 5.74) is 2.02. The smallest absolute Gasteiger partial charge is 0.257 e. The van der Waals surface area contributed by atoms with E-state index in [0.29, 0.717) is 22.0 Å². The highest BCUT2D eigenvalue weighted by Crippen LogP contribution is 2.35. The van der Waals surface area contributed by atoms with Crippen molar-refractivity contribution in [3.63, 3.8) is 0 Å². The van der Waals surface area contributed by atoms with Gasteiger partial charge in [0.1, 0.15) is 0 Å². The Hall–Kier alpha value is -2.01. The molecule has 0 radical (unpaired) electrons. The fourth-order valence-corrected chi connectivity index (χ4v) is 2.39. The standard InChI is InChI=1S/C14H15ClN2O3/c1-17(2)10-6-8(7-12(18)19)16-14-11(20-3)5-4-9(15)13(10)14/h4-6H,7H2,1-3H3,(H,18,19). The first-order chi connectivity index (χ1) is 9.43. The number of ether oxygens (including phenoxy) is 1. The fraction of sp³-hybridized carbons (Fsp3) is 0.286. The number of hydrogen-bond donors (Lipinski definition) is 0. The van der Waals surface area contributed by atoms with Crippen LogP contribution in [0, 0.1) is 0 Å². The third kappa shape index (κ3) is 2.63. The lowest BCUT2D eigenvalue weighted by Gasteiger charge is -2.16. The zero-order valence-corrected chi connectivity index (χ0v) is 12.2. The predicted molar refractivity (Wildman–Crippen MR) is 75.1 cm³/mol. The molecule has 0 saturated heterocycles. The SMILES string of the molecule is COc1ccc(Cl)c2c(N(C)C)cc(CC(=O)[O-])[nH+]c12. The van der Waals surface area contributed by atoms with Gasteiger partial charge in [-0.05, 0) is 12.1 Å². The number of anilines is 1. The van der Waals surface area contributed by atoms with Gasteiger partial charge < -0.3 is 19.5 Å². The van der Waals surface area contributed by atoms with Crippen molar-refractivity contribution in [2.45, 2.75) is 6.42 Å². The molecule has 1 aromatic heterocycles. The number of nitrogens with one attached hydrogen (secondary N) is 1. The second-order valence-corrected chi connectivity index (χ2v) is 5.03. The Morgan fingerprint density at radius 1 is 1.45 bits per heavy atom. The van der Waals surface area contributed by atoms with Crippen LogP contribution in [-0.4, -0.2) is 27.2 Å². The number of rotatable bonds is 4. The van der Waals surface area contributed by atoms with Crippen LogP contribution < -0.4 is 19.7 Å². The number of carbonyl (C=O) groups is 1. The van der Waals surface area contributed by atoms with E-state index in [2.05, 4.69) is 4.98 Å². The molecule has 5 nitrogen and oxygen atoms in total. The van der Waals surface area contributed by atoms with Crippen molar-refractivity contribution < 1.29 is 19.6 Å². The maximum absolute atomic E-state index is 10.8. The van der Waals surface area contributed by atoms with Crippen LogP contribution >= 0.6 is 11.6 Å². The average Bonchev–Trinajstić information content (AvgIpc) is 2.37. The Bertz CT molecular complexity index is 671. The summed E-state index contributed by atoms with van der Waals surface area (Å²) in [6.07, 6.45) is -0.202. The third-order valence-electron chi connectivity index (χ3n) is 3.01. The number of aromatic amines is 1. The van der Waals surface area contributed by atoms with Crippen molar-refractivity contribution >= 4 is 34.2 Å². The summed E-state index contributed by atoms with van der Waals surface area (Å²) >= 11 is 6.26. The van der Waals surface area contributed by atoms with E-state index in [1.165, 1.54) is 0 Å². The van der Waals surface area contributed by atoms with E-state index in [1.807, 2.05) is 19.0 Å². The van der Waals surface area contributed by atoms with E-state index in [9.17, 15) is 9.90 Å². The minimum Gasteiger partial charge on any atom is -0.550 e. The fourth-order valence-electron chi connectivity index (χ4n) is 2.14. The Morgan fingerprint density at radius 3 is 2.70 bits per heavy atom. The first-order valence-corrected chi connectivity index (χ1v) is 6.40. The Labute approximate surface area is 121 Å². The van der Waals surface area contributed by atoms with Crippen molar-refractivity contribution in [3.8, 4) is 5.75 Å². The Balaban J connectivity index is 2.81. The molecule has 1 heterocycles. The lowest BCUT2D eigenvalue weighted by Crippen LogP contribution is -2.28. The molecule has 0 saturated carbocycles. The monoisotopic (exact) mass is 294 g/mol. The minimum atomic E-state index is -1.15. The van der Waals surface area contributed by atoms with Crippen LogP contribution in [0.25, 0.3) is 10.9 Å². The number of carbonyl (C=O) groups excluding carboxylic acids is 1. The number of carboxylic acids is 1. The second-order valence-electron chi connectivity index (χ2n) is 4.62. The Morgan fingerprint density at radius 2 is 2.15 bits per heavy atom. The number of halogens is 1. The first kappa shape index (κ1) is 14.4. The molecule has 0 unspecified atom stereocenters. The van der Waals surface area contributed by atoms with Crippen molar-refractivity contribution in [3.05, 3.63) is 28.9 Å². The van der Waals surface area contributed by atoms with Crippen LogP contribution in [0.2, 0.25) is 5.02 Å². The third-order valence-corrected chi connectivity index (χ3v) is 3.32. The molecule has 1 aromatic carbocycles. The molecular formula is C14H15ClN2O3. The first-order valence-electron chi connectivity index (χ1n) is 6.02. The molecule has 0 fully saturated rings. The highest BCUT2D eigenvalue weighted by atomic mass is 35.5. The van der Waals surface area contributed by atoms with E-state index in [1.54, 1.807) is 25.3 Å². The van der Waals surface area contributed by atoms with E-state index < -0.39 is 5.97 Å². The summed E-state index contributed by atoms with van der Waals surface area (Å²) < 4.78 is 5.31. The van der Waals surface area contributed by atoms with E-state index in [0.717, 1.165) is 11.1 Å². The van der Waals surface area contributed by atoms with Gasteiger partial charge in [-0.15, -0.1) is 0 Å². The molecule has 6 heteroatoms. The molecule has 106 valence electrons. The highest BCUT2D eigenvalue weighted by Gasteiger charge is 2.19. The van der Waals surface area contributed by atoms with Crippen molar-refractivity contribution in [2.75, 3.05) is 26.1 Å². The molecule has 2 rings (SSSR count). The molecule has 0 aliphatic rings. The molecule has 1 N–H and O–H groups in total. The second kappa shape index (κ2) is 5.54. The molecule has 0 amide bonds. The van der Waals surface area contributed by atoms with Crippen molar-refractivity contribution in [1.29, 1.82) is 0 Å². The van der Waals surface area contributed by atoms with Gasteiger partial charge in [0.15, 0.2) is 11.4 Å². The summed E-state index contributed by atoms with van der Waals surface area (Å²) in [5, 5.41) is 12.2. The van der Waals surface area contributed by atoms with Gasteiger partial charge in [-0.3, -0.25) is 0 Å². The maximum atomic E-state index is 10.8. The summed E-state index contributed by atoms with van der Waals surface area (Å²) in [5.74, 6) is -0.543. The van der Waals surface area contributed by atoms with Gasteiger partial charge in [0, 0.05) is 20.2 Å². The van der Waals surface area contributed by atoms with Crippen LogP contribution in [0.5, 0.6) is 5.75 Å². The predicted octanol–water partition coefficient (Wildman–Crippen LogP) is 0.674. The molecular weight excluding hydrogens is 280 g/mol. The van der Waals surface area contributed by atoms with Gasteiger partial charge in [-0.1, -0.05) is 11.6 Å². The number of pyridine rings is 1. The lowest BCUT2D eigenvalue weighted by molar-refractivity contribution is -0.362. The maximum Gasteiger partial charge on any atom is 0.257 e. The van der Waals surface area contributed by atoms with Crippen LogP contribution in [0.4, 0.5) is 5.69 Å². The molecule has 20 heavy (non-hydrogen) atoms. The number of aromatic nitrogens is 1. The molecule has 0 aliphatic carbocycles. The summed E-state index contributed by atoms with van der Waals surface area (Å²) in [6.45, 7) is 0. The Kier molecular flexibility index (Phi) is 3.99. The molecule has 0 aliphatic heterocycles. The molecule has 0 spiro atoms. The number of aliphatic carboxylic acids is 1. The molecule has 2 aromatic rings. The minimum absolute atomic E-state index is 0.202. The van der Waals surface area contributed by atoms with E-state index in [4.69, 9.17) is 16.3 Å². The zero-order valence-electron chi connectivity index (χ0n) is 11.5. The summed E-state index contributed by atoms with van der Waals surface area (Å²) in [6, 6.07) is 5.24. The van der Waals surface area contributed by atoms with Gasteiger partial charge in [0.25, 0.3) is 5.52 Å². The number of H-pyrrole nitrogens is 1. The van der Waals surface area contributed by atoms with E-state index >= 15 is 0 Å². The van der Waals surface area contributed by atoms with Crippen LogP contribution in [0.1, 0.15) is 5.69 Å². The van der Waals surface area contributed by atoms with Gasteiger partial charge in [0.05, 0.1) is 35.6 Å². The topological polar surface area (TPSA) is 66.7 Å². The molecule has 0 bridgehead atoms. The number of carboxylic acid groups (broad SMARTS) is 1. The number of nitrogens with zero attached hydrogens (tertiary/aromatic N) is 1. The number of benzene rings is 1. The van der Waals surface area contributed by atoms with Gasteiger partial charge in [-0.2, -0.15) is 0 Å². The van der Waals surface area contributed by atoms with E-state index in [-0.39, 0.29) is 6.42 Å². The van der Waals surface area contributed by atoms with Gasteiger partial charge in [0.2, 0.25) is 0 Å². The largest absolute Gasteiger partial charge is 0.550 e. The molecule has 0 atom stereocenters. The van der Waals surface area contributed by atoms with Crippen molar-refractivity contribution in [2.24, 2.45) is 0 Å². The van der Waals surface area contributed by atoms with Crippen LogP contribution in [-0.2, 0) is 11.2 Å². The van der Waals surface area contributed by atoms with Crippen LogP contribution in [0.3, 0.4) is 0 Å². The lowest BCUT2D eigenvalue weighted by atomic mass is 10.1. The average molecular weight is 295 g/mol. The van der Waals surface area contributed by atoms with Crippen molar-refractivity contribution in [1.82, 2.24) is 0 Å². The number of fused-ring (bicyclic) bond motifs is 1. The zero-order chi connectivity index (χ0) is 14.9. The highest BCUT2D eigenvalue weighted by molar-refractivity contribution is 6.36. The normalized spacial score (nSPS) is 10.6. The number of hydrogen-bond acceptors (Lipinski definition) is 4. The quantitative estimate of drug-likeness (QED) is 0.831. The summed E-state index contributed by atoms with van der Waals surface area (Å²) in [7, 11) is 5.29. The van der Waals surface area contributed by atoms with Gasteiger partial charge in [-0.25, -0.2) is 4.98 Å². The van der Waals surface area contributed by atoms with Crippen LogP contribution in [0.15, 0.2) is 18.2 Å². The summed E-state index contributed by atoms with van der Waals surface area (Å²) in [4.78, 5) is 15.7.